The van der Waals surface area contributed by atoms with E-state index in [0.29, 0.717) is 17.3 Å². The van der Waals surface area contributed by atoms with Crippen molar-refractivity contribution in [3.8, 4) is 0 Å². The van der Waals surface area contributed by atoms with Gasteiger partial charge in [0.25, 0.3) is 0 Å². The number of benzene rings is 1. The van der Waals surface area contributed by atoms with Gasteiger partial charge >= 0.3 is 0 Å². The van der Waals surface area contributed by atoms with E-state index in [9.17, 15) is 4.39 Å². The fourth-order valence-electron chi connectivity index (χ4n) is 0.979. The molecule has 0 bridgehead atoms. The van der Waals surface area contributed by atoms with E-state index < -0.39 is 0 Å². The smallest absolute Gasteiger partial charge is 0.147 e. The normalized spacial score (nSPS) is 10.1. The molecule has 0 spiro atoms. The van der Waals surface area contributed by atoms with Crippen LogP contribution in [0.3, 0.4) is 0 Å². The van der Waals surface area contributed by atoms with E-state index in [0.717, 1.165) is 6.54 Å². The summed E-state index contributed by atoms with van der Waals surface area (Å²) in [5, 5.41) is 6.27. The molecule has 0 saturated carbocycles. The molecule has 0 aliphatic heterocycles. The zero-order chi connectivity index (χ0) is 9.68. The van der Waals surface area contributed by atoms with Crippen LogP contribution in [0.25, 0.3) is 0 Å². The summed E-state index contributed by atoms with van der Waals surface area (Å²) in [5.41, 5.74) is 0.374. The number of halogens is 2. The van der Waals surface area contributed by atoms with Gasteiger partial charge in [0.15, 0.2) is 0 Å². The maximum Gasteiger partial charge on any atom is 0.147 e. The molecule has 1 aromatic carbocycles. The van der Waals surface area contributed by atoms with Gasteiger partial charge in [0, 0.05) is 13.1 Å². The molecule has 0 heterocycles. The number of hydrogen-bond acceptors (Lipinski definition) is 2. The van der Waals surface area contributed by atoms with Gasteiger partial charge in [-0.15, -0.1) is 0 Å². The monoisotopic (exact) mass is 202 g/mol. The molecule has 4 heteroatoms. The third-order valence-electron chi connectivity index (χ3n) is 1.64. The summed E-state index contributed by atoms with van der Waals surface area (Å²) in [6, 6.07) is 4.63. The van der Waals surface area contributed by atoms with Gasteiger partial charge in [0.05, 0.1) is 10.7 Å². The summed E-state index contributed by atoms with van der Waals surface area (Å²) in [6.45, 7) is 1.42. The highest BCUT2D eigenvalue weighted by molar-refractivity contribution is 6.33. The van der Waals surface area contributed by atoms with Crippen LogP contribution in [0.15, 0.2) is 18.2 Å². The van der Waals surface area contributed by atoms with E-state index in [-0.39, 0.29) is 5.82 Å². The first-order valence-electron chi connectivity index (χ1n) is 4.08. The quantitative estimate of drug-likeness (QED) is 0.731. The van der Waals surface area contributed by atoms with E-state index >= 15 is 0 Å². The summed E-state index contributed by atoms with van der Waals surface area (Å²) in [7, 11) is 1.84. The van der Waals surface area contributed by atoms with Crippen molar-refractivity contribution in [3.05, 3.63) is 29.0 Å². The van der Waals surface area contributed by atoms with Crippen LogP contribution in [0, 0.1) is 5.82 Å². The molecule has 0 aliphatic rings. The molecular weight excluding hydrogens is 191 g/mol. The second-order valence-corrected chi connectivity index (χ2v) is 3.03. The Morgan fingerprint density at radius 1 is 1.38 bits per heavy atom. The SMILES string of the molecule is CNCCNc1c(F)cccc1Cl. The van der Waals surface area contributed by atoms with E-state index in [1.165, 1.54) is 6.07 Å². The van der Waals surface area contributed by atoms with Gasteiger partial charge in [0.1, 0.15) is 5.82 Å². The second kappa shape index (κ2) is 5.04. The summed E-state index contributed by atoms with van der Waals surface area (Å²) >= 11 is 5.79. The highest BCUT2D eigenvalue weighted by Crippen LogP contribution is 2.23. The van der Waals surface area contributed by atoms with Crippen molar-refractivity contribution < 1.29 is 4.39 Å². The maximum absolute atomic E-state index is 13.1. The lowest BCUT2D eigenvalue weighted by Crippen LogP contribution is -2.18. The topological polar surface area (TPSA) is 24.1 Å². The van der Waals surface area contributed by atoms with E-state index in [1.54, 1.807) is 12.1 Å². The van der Waals surface area contributed by atoms with Crippen LogP contribution >= 0.6 is 11.6 Å². The van der Waals surface area contributed by atoms with Crippen molar-refractivity contribution in [1.29, 1.82) is 0 Å². The number of rotatable bonds is 4. The predicted octanol–water partition coefficient (Wildman–Crippen LogP) is 2.11. The van der Waals surface area contributed by atoms with Gasteiger partial charge in [-0.05, 0) is 19.2 Å². The Bertz CT molecular complexity index is 258. The van der Waals surface area contributed by atoms with Crippen molar-refractivity contribution >= 4 is 17.3 Å². The molecule has 2 N–H and O–H groups in total. The summed E-state index contributed by atoms with van der Waals surface area (Å²) in [6.07, 6.45) is 0. The van der Waals surface area contributed by atoms with Crippen molar-refractivity contribution in [2.45, 2.75) is 0 Å². The highest BCUT2D eigenvalue weighted by Gasteiger charge is 2.04. The summed E-state index contributed by atoms with van der Waals surface area (Å²) in [5.74, 6) is -0.316. The minimum absolute atomic E-state index is 0.316. The lowest BCUT2D eigenvalue weighted by molar-refractivity contribution is 0.629. The van der Waals surface area contributed by atoms with Gasteiger partial charge in [-0.2, -0.15) is 0 Å². The number of para-hydroxylation sites is 1. The number of likely N-dealkylation sites (N-methyl/N-ethyl adjacent to an activating group) is 1. The Morgan fingerprint density at radius 3 is 2.77 bits per heavy atom. The van der Waals surface area contributed by atoms with Gasteiger partial charge in [-0.25, -0.2) is 4.39 Å². The van der Waals surface area contributed by atoms with E-state index in [4.69, 9.17) is 11.6 Å². The largest absolute Gasteiger partial charge is 0.380 e. The van der Waals surface area contributed by atoms with Crippen LogP contribution in [-0.2, 0) is 0 Å². The van der Waals surface area contributed by atoms with Crippen LogP contribution in [-0.4, -0.2) is 20.1 Å². The zero-order valence-corrected chi connectivity index (χ0v) is 8.16. The second-order valence-electron chi connectivity index (χ2n) is 2.63. The van der Waals surface area contributed by atoms with Crippen molar-refractivity contribution in [2.75, 3.05) is 25.5 Å². The van der Waals surface area contributed by atoms with Gasteiger partial charge in [0.2, 0.25) is 0 Å². The zero-order valence-electron chi connectivity index (χ0n) is 7.40. The Balaban J connectivity index is 2.64. The summed E-state index contributed by atoms with van der Waals surface area (Å²) in [4.78, 5) is 0. The average molecular weight is 203 g/mol. The molecule has 0 aromatic heterocycles. The fourth-order valence-corrected chi connectivity index (χ4v) is 1.21. The molecule has 72 valence electrons. The molecule has 0 radical (unpaired) electrons. The first kappa shape index (κ1) is 10.3. The van der Waals surface area contributed by atoms with Crippen molar-refractivity contribution in [3.63, 3.8) is 0 Å². The summed E-state index contributed by atoms with van der Waals surface area (Å²) < 4.78 is 13.1. The molecule has 13 heavy (non-hydrogen) atoms. The molecular formula is C9H12ClFN2. The van der Waals surface area contributed by atoms with Crippen LogP contribution in [0.2, 0.25) is 5.02 Å². The van der Waals surface area contributed by atoms with Crippen molar-refractivity contribution in [1.82, 2.24) is 5.32 Å². The number of nitrogens with one attached hydrogen (secondary N) is 2. The molecule has 0 unspecified atom stereocenters. The van der Waals surface area contributed by atoms with E-state index in [1.807, 2.05) is 7.05 Å². The van der Waals surface area contributed by atoms with Crippen LogP contribution in [0.4, 0.5) is 10.1 Å². The minimum atomic E-state index is -0.316. The lowest BCUT2D eigenvalue weighted by Gasteiger charge is -2.08. The molecule has 0 saturated heterocycles. The molecule has 0 fully saturated rings. The molecule has 1 rings (SSSR count). The molecule has 1 aromatic rings. The lowest BCUT2D eigenvalue weighted by atomic mass is 10.3. The Hall–Kier alpha value is -0.800. The number of hydrogen-bond donors (Lipinski definition) is 2. The number of anilines is 1. The maximum atomic E-state index is 13.1. The highest BCUT2D eigenvalue weighted by atomic mass is 35.5. The Labute approximate surface area is 82.1 Å². The average Bonchev–Trinajstić information content (AvgIpc) is 2.10. The van der Waals surface area contributed by atoms with Crippen molar-refractivity contribution in [2.24, 2.45) is 0 Å². The van der Waals surface area contributed by atoms with Crippen LogP contribution < -0.4 is 10.6 Å². The third kappa shape index (κ3) is 2.86. The molecule has 0 amide bonds. The van der Waals surface area contributed by atoms with E-state index in [2.05, 4.69) is 10.6 Å². The third-order valence-corrected chi connectivity index (χ3v) is 1.95. The van der Waals surface area contributed by atoms with Gasteiger partial charge < -0.3 is 10.6 Å². The fraction of sp³-hybridized carbons (Fsp3) is 0.333. The van der Waals surface area contributed by atoms with Gasteiger partial charge in [-0.1, -0.05) is 17.7 Å². The van der Waals surface area contributed by atoms with Crippen LogP contribution in [0.1, 0.15) is 0 Å². The van der Waals surface area contributed by atoms with Crippen LogP contribution in [0.5, 0.6) is 0 Å². The standard InChI is InChI=1S/C9H12ClFN2/c1-12-5-6-13-9-7(10)3-2-4-8(9)11/h2-4,12-13H,5-6H2,1H3. The molecule has 2 nitrogen and oxygen atoms in total. The Kier molecular flexibility index (Phi) is 3.99. The minimum Gasteiger partial charge on any atom is -0.380 e. The first-order chi connectivity index (χ1) is 6.25. The Morgan fingerprint density at radius 2 is 2.15 bits per heavy atom. The molecule has 0 atom stereocenters. The van der Waals surface area contributed by atoms with Gasteiger partial charge in [-0.3, -0.25) is 0 Å². The predicted molar refractivity (Wildman–Crippen MR) is 53.8 cm³/mol. The molecule has 0 aliphatic carbocycles. The first-order valence-corrected chi connectivity index (χ1v) is 4.46.